The lowest BCUT2D eigenvalue weighted by atomic mass is 9.96. The number of nitrogens with one attached hydrogen (secondary N) is 2. The van der Waals surface area contributed by atoms with Crippen molar-refractivity contribution in [2.45, 2.75) is 45.1 Å². The number of carbonyl (C=O) groups excluding carboxylic acids is 1. The van der Waals surface area contributed by atoms with Crippen LogP contribution in [0.2, 0.25) is 0 Å². The molecule has 1 aliphatic rings. The molecule has 3 N–H and O–H groups in total. The average Bonchev–Trinajstić information content (AvgIpc) is 2.82. The third-order valence-corrected chi connectivity index (χ3v) is 5.21. The molecule has 0 radical (unpaired) electrons. The summed E-state index contributed by atoms with van der Waals surface area (Å²) >= 11 is 0. The van der Waals surface area contributed by atoms with Gasteiger partial charge >= 0.3 is 5.97 Å². The van der Waals surface area contributed by atoms with Crippen molar-refractivity contribution in [1.29, 1.82) is 0 Å². The Morgan fingerprint density at radius 1 is 1.14 bits per heavy atom. The van der Waals surface area contributed by atoms with Crippen molar-refractivity contribution >= 4 is 17.3 Å². The zero-order chi connectivity index (χ0) is 20.6. The van der Waals surface area contributed by atoms with Crippen LogP contribution in [0.4, 0.5) is 11.4 Å². The highest BCUT2D eigenvalue weighted by Gasteiger charge is 2.25. The van der Waals surface area contributed by atoms with E-state index >= 15 is 0 Å². The van der Waals surface area contributed by atoms with E-state index in [9.17, 15) is 9.90 Å². The van der Waals surface area contributed by atoms with Gasteiger partial charge in [0, 0.05) is 19.5 Å². The molecule has 2 aromatic rings. The highest BCUT2D eigenvalue weighted by Crippen LogP contribution is 2.38. The summed E-state index contributed by atoms with van der Waals surface area (Å²) in [6.45, 7) is 3.17. The van der Waals surface area contributed by atoms with Gasteiger partial charge in [0.15, 0.2) is 0 Å². The van der Waals surface area contributed by atoms with Crippen LogP contribution in [0.5, 0.6) is 5.75 Å². The van der Waals surface area contributed by atoms with Crippen LogP contribution >= 0.6 is 0 Å². The third kappa shape index (κ3) is 5.41. The Labute approximate surface area is 172 Å². The fraction of sp³-hybridized carbons (Fsp3) is 0.435. The molecule has 6 heteroatoms. The summed E-state index contributed by atoms with van der Waals surface area (Å²) in [5.41, 5.74) is 7.70. The number of rotatable bonds is 9. The number of hydrazine groups is 1. The molecule has 0 spiro atoms. The van der Waals surface area contributed by atoms with Gasteiger partial charge in [-0.25, -0.2) is 0 Å². The van der Waals surface area contributed by atoms with Gasteiger partial charge in [-0.05, 0) is 49.6 Å². The van der Waals surface area contributed by atoms with Gasteiger partial charge in [-0.1, -0.05) is 37.1 Å². The van der Waals surface area contributed by atoms with Crippen molar-refractivity contribution in [2.75, 3.05) is 30.6 Å². The van der Waals surface area contributed by atoms with E-state index in [1.54, 1.807) is 12.1 Å². The molecule has 6 nitrogen and oxygen atoms in total. The molecule has 0 saturated carbocycles. The number of anilines is 2. The normalized spacial score (nSPS) is 15.1. The minimum Gasteiger partial charge on any atom is -0.508 e. The van der Waals surface area contributed by atoms with Crippen LogP contribution in [0.3, 0.4) is 0 Å². The second kappa shape index (κ2) is 10.2. The van der Waals surface area contributed by atoms with Crippen LogP contribution in [0, 0.1) is 0 Å². The van der Waals surface area contributed by atoms with E-state index in [-0.39, 0.29) is 17.8 Å². The summed E-state index contributed by atoms with van der Waals surface area (Å²) in [5, 5.41) is 15.6. The smallest absolute Gasteiger partial charge is 0.305 e. The topological polar surface area (TPSA) is 73.8 Å². The summed E-state index contributed by atoms with van der Waals surface area (Å²) in [6, 6.07) is 13.8. The minimum atomic E-state index is -0.0998. The molecule has 0 bridgehead atoms. The number of aromatic hydroxyl groups is 1. The summed E-state index contributed by atoms with van der Waals surface area (Å²) in [4.78, 5) is 11.4. The van der Waals surface area contributed by atoms with Gasteiger partial charge in [0.1, 0.15) is 5.75 Å². The van der Waals surface area contributed by atoms with Crippen LogP contribution < -0.4 is 15.8 Å². The van der Waals surface area contributed by atoms with Gasteiger partial charge in [-0.15, -0.1) is 0 Å². The Morgan fingerprint density at radius 3 is 2.76 bits per heavy atom. The van der Waals surface area contributed by atoms with E-state index in [0.717, 1.165) is 49.2 Å². The molecule has 0 saturated heterocycles. The fourth-order valence-corrected chi connectivity index (χ4v) is 3.79. The fourth-order valence-electron chi connectivity index (χ4n) is 3.79. The number of benzene rings is 2. The molecule has 3 rings (SSSR count). The summed E-state index contributed by atoms with van der Waals surface area (Å²) in [5.74, 6) is 0.146. The molecule has 1 unspecified atom stereocenters. The molecule has 1 aliphatic heterocycles. The first-order chi connectivity index (χ1) is 14.1. The van der Waals surface area contributed by atoms with Crippen molar-refractivity contribution in [1.82, 2.24) is 5.32 Å². The van der Waals surface area contributed by atoms with E-state index < -0.39 is 0 Å². The first kappa shape index (κ1) is 21.0. The Morgan fingerprint density at radius 2 is 1.93 bits per heavy atom. The highest BCUT2D eigenvalue weighted by atomic mass is 16.5. The van der Waals surface area contributed by atoms with Crippen LogP contribution in [0.15, 0.2) is 42.5 Å². The molecule has 1 heterocycles. The molecule has 0 aromatic heterocycles. The maximum Gasteiger partial charge on any atom is 0.305 e. The van der Waals surface area contributed by atoms with E-state index in [4.69, 9.17) is 4.74 Å². The predicted molar refractivity (Wildman–Crippen MR) is 116 cm³/mol. The Bertz CT molecular complexity index is 825. The maximum absolute atomic E-state index is 11.4. The zero-order valence-electron chi connectivity index (χ0n) is 17.3. The second-order valence-electron chi connectivity index (χ2n) is 7.36. The van der Waals surface area contributed by atoms with Gasteiger partial charge in [0.25, 0.3) is 0 Å². The Balaban J connectivity index is 1.61. The molecular weight excluding hydrogens is 366 g/mol. The average molecular weight is 398 g/mol. The number of nitrogens with zero attached hydrogens (tertiary/aromatic N) is 1. The van der Waals surface area contributed by atoms with E-state index in [1.165, 1.54) is 5.56 Å². The first-order valence-electron chi connectivity index (χ1n) is 10.4. The number of phenols is 1. The lowest BCUT2D eigenvalue weighted by molar-refractivity contribution is -0.143. The number of hydrogen-bond acceptors (Lipinski definition) is 6. The van der Waals surface area contributed by atoms with Crippen molar-refractivity contribution in [3.63, 3.8) is 0 Å². The Hall–Kier alpha value is -2.73. The van der Waals surface area contributed by atoms with Crippen molar-refractivity contribution in [3.8, 4) is 5.75 Å². The van der Waals surface area contributed by atoms with Crippen LogP contribution in [-0.2, 0) is 9.53 Å². The number of hydrogen-bond donors (Lipinski definition) is 3. The number of para-hydroxylation sites is 1. The summed E-state index contributed by atoms with van der Waals surface area (Å²) < 4.78 is 4.97. The predicted octanol–water partition coefficient (Wildman–Crippen LogP) is 4.36. The van der Waals surface area contributed by atoms with Crippen molar-refractivity contribution < 1.29 is 14.6 Å². The zero-order valence-corrected chi connectivity index (χ0v) is 17.3. The molecule has 0 fully saturated rings. The number of fused-ring (bicyclic) bond motifs is 2. The second-order valence-corrected chi connectivity index (χ2v) is 7.36. The van der Waals surface area contributed by atoms with Gasteiger partial charge in [0.2, 0.25) is 0 Å². The number of phenolic OH excluding ortho intramolecular Hbond substituents is 1. The molecule has 0 amide bonds. The first-order valence-corrected chi connectivity index (χ1v) is 10.4. The summed E-state index contributed by atoms with van der Waals surface area (Å²) in [6.07, 6.45) is 4.52. The minimum absolute atomic E-state index is 0.0405. The highest BCUT2D eigenvalue weighted by molar-refractivity contribution is 5.70. The van der Waals surface area contributed by atoms with E-state index in [2.05, 4.69) is 28.9 Å². The lowest BCUT2D eigenvalue weighted by Crippen LogP contribution is -2.25. The van der Waals surface area contributed by atoms with Crippen LogP contribution in [-0.4, -0.2) is 31.3 Å². The molecule has 29 heavy (non-hydrogen) atoms. The standard InChI is InChI=1S/C23H31N3O3/c1-3-29-22(28)12-6-4-5-9-15-24-23-18-14-13-17(27)16-20(18)25-26(2)21-11-8-7-10-19(21)23/h7-8,10-11,13-14,16,23-25,27H,3-6,9,12,15H2,1-2H3. The molecule has 0 aliphatic carbocycles. The SMILES string of the molecule is CCOC(=O)CCCCCCNC1c2ccc(O)cc2NN(C)c2ccccc21. The van der Waals surface area contributed by atoms with Gasteiger partial charge in [0.05, 0.1) is 24.0 Å². The number of ether oxygens (including phenoxy) is 1. The third-order valence-electron chi connectivity index (χ3n) is 5.21. The molecule has 1 atom stereocenters. The molecular formula is C23H31N3O3. The number of esters is 1. The lowest BCUT2D eigenvalue weighted by Gasteiger charge is -2.22. The van der Waals surface area contributed by atoms with Gasteiger partial charge in [-0.3, -0.25) is 15.2 Å². The van der Waals surface area contributed by atoms with Crippen molar-refractivity contribution in [3.05, 3.63) is 53.6 Å². The quantitative estimate of drug-likeness (QED) is 0.431. The van der Waals surface area contributed by atoms with Crippen molar-refractivity contribution in [2.24, 2.45) is 0 Å². The van der Waals surface area contributed by atoms with E-state index in [0.29, 0.717) is 13.0 Å². The molecule has 2 aromatic carbocycles. The molecule has 156 valence electrons. The van der Waals surface area contributed by atoms with Crippen LogP contribution in [0.1, 0.15) is 56.2 Å². The maximum atomic E-state index is 11.4. The summed E-state index contributed by atoms with van der Waals surface area (Å²) in [7, 11) is 1.98. The number of unbranched alkanes of at least 4 members (excludes halogenated alkanes) is 3. The Kier molecular flexibility index (Phi) is 7.36. The van der Waals surface area contributed by atoms with Gasteiger partial charge in [-0.2, -0.15) is 0 Å². The largest absolute Gasteiger partial charge is 0.508 e. The van der Waals surface area contributed by atoms with Gasteiger partial charge < -0.3 is 15.2 Å². The monoisotopic (exact) mass is 397 g/mol. The number of carbonyl (C=O) groups is 1. The van der Waals surface area contributed by atoms with E-state index in [1.807, 2.05) is 31.1 Å². The van der Waals surface area contributed by atoms with Crippen LogP contribution in [0.25, 0.3) is 0 Å².